The van der Waals surface area contributed by atoms with Crippen LogP contribution in [-0.4, -0.2) is 16.8 Å². The molecule has 1 unspecified atom stereocenters. The van der Waals surface area contributed by atoms with E-state index in [1.807, 2.05) is 36.1 Å². The molecule has 1 N–H and O–H groups in total. The third kappa shape index (κ3) is 2.73. The minimum absolute atomic E-state index is 0.108. The summed E-state index contributed by atoms with van der Waals surface area (Å²) >= 11 is 0. The number of nitrogens with zero attached hydrogens (tertiary/aromatic N) is 2. The Morgan fingerprint density at radius 2 is 1.67 bits per heavy atom. The highest BCUT2D eigenvalue weighted by molar-refractivity contribution is 5.36. The first-order chi connectivity index (χ1) is 10.3. The van der Waals surface area contributed by atoms with Gasteiger partial charge in [0.2, 0.25) is 0 Å². The fourth-order valence-corrected chi connectivity index (χ4v) is 2.59. The van der Waals surface area contributed by atoms with Gasteiger partial charge in [-0.05, 0) is 43.3 Å². The van der Waals surface area contributed by atoms with E-state index < -0.39 is 0 Å². The van der Waals surface area contributed by atoms with Crippen molar-refractivity contribution in [2.45, 2.75) is 13.0 Å². The zero-order chi connectivity index (χ0) is 14.7. The Bertz CT molecular complexity index is 716. The molecule has 0 bridgehead atoms. The summed E-state index contributed by atoms with van der Waals surface area (Å²) < 4.78 is 1.91. The van der Waals surface area contributed by atoms with Crippen LogP contribution in [0.1, 0.15) is 22.9 Å². The summed E-state index contributed by atoms with van der Waals surface area (Å²) in [6.07, 6.45) is 2.01. The van der Waals surface area contributed by atoms with Crippen LogP contribution in [0.2, 0.25) is 0 Å². The summed E-state index contributed by atoms with van der Waals surface area (Å²) in [7, 11) is 1.97. The largest absolute Gasteiger partial charge is 0.308 e. The molecule has 2 aromatic carbocycles. The maximum atomic E-state index is 4.72. The van der Waals surface area contributed by atoms with Crippen LogP contribution < -0.4 is 5.32 Å². The van der Waals surface area contributed by atoms with Crippen molar-refractivity contribution in [3.8, 4) is 5.69 Å². The van der Waals surface area contributed by atoms with Crippen LogP contribution in [0.15, 0.2) is 66.9 Å². The van der Waals surface area contributed by atoms with Crippen molar-refractivity contribution in [3.05, 3.63) is 83.7 Å². The number of benzene rings is 2. The van der Waals surface area contributed by atoms with Crippen molar-refractivity contribution in [2.24, 2.45) is 0 Å². The van der Waals surface area contributed by atoms with E-state index in [2.05, 4.69) is 54.7 Å². The molecule has 0 spiro atoms. The average Bonchev–Trinajstić information content (AvgIpc) is 3.00. The molecule has 0 saturated heterocycles. The molecule has 0 aliphatic rings. The lowest BCUT2D eigenvalue weighted by Crippen LogP contribution is -2.19. The van der Waals surface area contributed by atoms with E-state index in [1.165, 1.54) is 11.1 Å². The summed E-state index contributed by atoms with van der Waals surface area (Å²) in [5.74, 6) is 0. The number of aryl methyl sites for hydroxylation is 1. The normalized spacial score (nSPS) is 12.3. The minimum Gasteiger partial charge on any atom is -0.308 e. The molecule has 0 radical (unpaired) electrons. The lowest BCUT2D eigenvalue weighted by atomic mass is 9.99. The van der Waals surface area contributed by atoms with E-state index in [1.54, 1.807) is 0 Å². The topological polar surface area (TPSA) is 29.9 Å². The van der Waals surface area contributed by atoms with E-state index >= 15 is 0 Å². The van der Waals surface area contributed by atoms with E-state index in [4.69, 9.17) is 5.10 Å². The van der Waals surface area contributed by atoms with Gasteiger partial charge in [0.15, 0.2) is 0 Å². The van der Waals surface area contributed by atoms with Crippen molar-refractivity contribution in [2.75, 3.05) is 7.05 Å². The lowest BCUT2D eigenvalue weighted by Gasteiger charge is -2.16. The Labute approximate surface area is 125 Å². The fourth-order valence-electron chi connectivity index (χ4n) is 2.59. The molecular weight excluding hydrogens is 258 g/mol. The first-order valence-electron chi connectivity index (χ1n) is 7.13. The SMILES string of the molecule is CNC(c1ccn(-c2ccccc2)n1)c1ccccc1C. The second-order valence-electron chi connectivity index (χ2n) is 5.10. The molecule has 1 aromatic heterocycles. The lowest BCUT2D eigenvalue weighted by molar-refractivity contribution is 0.654. The van der Waals surface area contributed by atoms with Gasteiger partial charge < -0.3 is 5.32 Å². The maximum Gasteiger partial charge on any atom is 0.0843 e. The first kappa shape index (κ1) is 13.6. The number of hydrogen-bond donors (Lipinski definition) is 1. The summed E-state index contributed by atoms with van der Waals surface area (Å²) in [5.41, 5.74) is 4.63. The van der Waals surface area contributed by atoms with Crippen LogP contribution in [0, 0.1) is 6.92 Å². The smallest absolute Gasteiger partial charge is 0.0843 e. The second-order valence-corrected chi connectivity index (χ2v) is 5.10. The molecule has 21 heavy (non-hydrogen) atoms. The van der Waals surface area contributed by atoms with Crippen molar-refractivity contribution in [1.29, 1.82) is 0 Å². The molecule has 106 valence electrons. The van der Waals surface area contributed by atoms with Crippen LogP contribution >= 0.6 is 0 Å². The molecule has 3 nitrogen and oxygen atoms in total. The maximum absolute atomic E-state index is 4.72. The number of aromatic nitrogens is 2. The van der Waals surface area contributed by atoms with Crippen LogP contribution in [-0.2, 0) is 0 Å². The van der Waals surface area contributed by atoms with Gasteiger partial charge in [-0.25, -0.2) is 4.68 Å². The van der Waals surface area contributed by atoms with Crippen molar-refractivity contribution in [3.63, 3.8) is 0 Å². The average molecular weight is 277 g/mol. The summed E-state index contributed by atoms with van der Waals surface area (Å²) in [4.78, 5) is 0. The molecule has 0 aliphatic heterocycles. The number of para-hydroxylation sites is 1. The van der Waals surface area contributed by atoms with E-state index in [0.717, 1.165) is 11.4 Å². The molecule has 0 saturated carbocycles. The van der Waals surface area contributed by atoms with E-state index in [9.17, 15) is 0 Å². The zero-order valence-corrected chi connectivity index (χ0v) is 12.3. The van der Waals surface area contributed by atoms with Gasteiger partial charge in [0, 0.05) is 6.20 Å². The first-order valence-corrected chi connectivity index (χ1v) is 7.13. The Morgan fingerprint density at radius 3 is 2.38 bits per heavy atom. The molecule has 3 aromatic rings. The predicted octanol–water partition coefficient (Wildman–Crippen LogP) is 3.49. The summed E-state index contributed by atoms with van der Waals surface area (Å²) in [6.45, 7) is 2.13. The van der Waals surface area contributed by atoms with Crippen LogP contribution in [0.4, 0.5) is 0 Å². The Hall–Kier alpha value is -2.39. The number of rotatable bonds is 4. The second kappa shape index (κ2) is 5.94. The summed E-state index contributed by atoms with van der Waals surface area (Å²) in [5, 5.41) is 8.09. The van der Waals surface area contributed by atoms with Crippen molar-refractivity contribution < 1.29 is 0 Å². The van der Waals surface area contributed by atoms with Crippen LogP contribution in [0.25, 0.3) is 5.69 Å². The Morgan fingerprint density at radius 1 is 0.952 bits per heavy atom. The quantitative estimate of drug-likeness (QED) is 0.791. The Balaban J connectivity index is 1.96. The molecule has 0 aliphatic carbocycles. The molecular formula is C18H19N3. The number of hydrogen-bond acceptors (Lipinski definition) is 2. The monoisotopic (exact) mass is 277 g/mol. The fraction of sp³-hybridized carbons (Fsp3) is 0.167. The molecule has 1 atom stereocenters. The van der Waals surface area contributed by atoms with E-state index in [0.29, 0.717) is 0 Å². The third-order valence-electron chi connectivity index (χ3n) is 3.71. The standard InChI is InChI=1S/C18H19N3/c1-14-8-6-7-11-16(14)18(19-2)17-12-13-21(20-17)15-9-4-3-5-10-15/h3-13,18-19H,1-2H3. The van der Waals surface area contributed by atoms with Crippen LogP contribution in [0.5, 0.6) is 0 Å². The molecule has 0 fully saturated rings. The van der Waals surface area contributed by atoms with Crippen molar-refractivity contribution >= 4 is 0 Å². The predicted molar refractivity (Wildman–Crippen MR) is 85.6 cm³/mol. The van der Waals surface area contributed by atoms with Gasteiger partial charge in [0.05, 0.1) is 17.4 Å². The van der Waals surface area contributed by atoms with Gasteiger partial charge in [-0.1, -0.05) is 42.5 Å². The van der Waals surface area contributed by atoms with Gasteiger partial charge in [-0.2, -0.15) is 5.10 Å². The highest BCUT2D eigenvalue weighted by Crippen LogP contribution is 2.23. The zero-order valence-electron chi connectivity index (χ0n) is 12.3. The highest BCUT2D eigenvalue weighted by Gasteiger charge is 2.16. The van der Waals surface area contributed by atoms with Gasteiger partial charge in [-0.15, -0.1) is 0 Å². The van der Waals surface area contributed by atoms with Crippen molar-refractivity contribution in [1.82, 2.24) is 15.1 Å². The summed E-state index contributed by atoms with van der Waals surface area (Å²) in [6, 6.07) is 20.8. The Kier molecular flexibility index (Phi) is 3.84. The molecule has 0 amide bonds. The van der Waals surface area contributed by atoms with Crippen LogP contribution in [0.3, 0.4) is 0 Å². The van der Waals surface area contributed by atoms with Gasteiger partial charge in [0.25, 0.3) is 0 Å². The number of nitrogens with one attached hydrogen (secondary N) is 1. The van der Waals surface area contributed by atoms with Gasteiger partial charge in [-0.3, -0.25) is 0 Å². The third-order valence-corrected chi connectivity index (χ3v) is 3.71. The minimum atomic E-state index is 0.108. The highest BCUT2D eigenvalue weighted by atomic mass is 15.3. The van der Waals surface area contributed by atoms with Gasteiger partial charge >= 0.3 is 0 Å². The molecule has 3 rings (SSSR count). The van der Waals surface area contributed by atoms with E-state index in [-0.39, 0.29) is 6.04 Å². The molecule has 1 heterocycles. The van der Waals surface area contributed by atoms with Gasteiger partial charge in [0.1, 0.15) is 0 Å². The molecule has 3 heteroatoms.